The number of Topliss-reactive ketones (excluding diaryl/α,β-unsaturated/α-hetero) is 1. The molecule has 1 saturated carbocycles. The molecule has 3 unspecified atom stereocenters. The SMILES string of the molecule is COC1=CC(=O)C2C(C1=O)[C@H](OC(C)=O)C=C1C(C)(C)CCCC12C. The number of hydrogen-bond donors (Lipinski definition) is 0. The first-order valence-electron chi connectivity index (χ1n) is 8.85. The average molecular weight is 346 g/mol. The van der Waals surface area contributed by atoms with Crippen LogP contribution in [0, 0.1) is 22.7 Å². The van der Waals surface area contributed by atoms with Gasteiger partial charge in [-0.3, -0.25) is 14.4 Å². The first-order chi connectivity index (χ1) is 11.6. The van der Waals surface area contributed by atoms with Crippen molar-refractivity contribution >= 4 is 17.5 Å². The summed E-state index contributed by atoms with van der Waals surface area (Å²) in [4.78, 5) is 37.5. The standard InChI is InChI=1S/C20H26O5/c1-11(21)25-13-10-15-19(2,3)7-6-8-20(15,4)17-12(22)9-14(24-5)18(23)16(13)17/h9-10,13,16-17H,6-8H2,1-5H3/t13-,16?,17?,20?/m1/s1. The zero-order valence-electron chi connectivity index (χ0n) is 15.5. The molecular formula is C20H26O5. The molecule has 0 heterocycles. The molecule has 1 fully saturated rings. The maximum atomic E-state index is 13.0. The van der Waals surface area contributed by atoms with Crippen molar-refractivity contribution < 1.29 is 23.9 Å². The van der Waals surface area contributed by atoms with E-state index in [1.54, 1.807) is 0 Å². The van der Waals surface area contributed by atoms with Gasteiger partial charge in [0.2, 0.25) is 5.78 Å². The molecule has 0 spiro atoms. The molecule has 5 nitrogen and oxygen atoms in total. The van der Waals surface area contributed by atoms with Gasteiger partial charge in [-0.1, -0.05) is 32.8 Å². The number of carbonyl (C=O) groups excluding carboxylic acids is 3. The summed E-state index contributed by atoms with van der Waals surface area (Å²) in [6, 6.07) is 0. The Bertz CT molecular complexity index is 699. The van der Waals surface area contributed by atoms with Gasteiger partial charge in [-0.2, -0.15) is 0 Å². The normalized spacial score (nSPS) is 36.6. The lowest BCUT2D eigenvalue weighted by molar-refractivity contribution is -0.157. The van der Waals surface area contributed by atoms with Crippen molar-refractivity contribution in [2.45, 2.75) is 53.1 Å². The van der Waals surface area contributed by atoms with Crippen LogP contribution in [0.4, 0.5) is 0 Å². The van der Waals surface area contributed by atoms with Gasteiger partial charge in [0.25, 0.3) is 0 Å². The van der Waals surface area contributed by atoms with Crippen molar-refractivity contribution in [3.05, 3.63) is 23.5 Å². The van der Waals surface area contributed by atoms with Crippen LogP contribution in [-0.2, 0) is 23.9 Å². The molecule has 0 aromatic heterocycles. The monoisotopic (exact) mass is 346 g/mol. The Hall–Kier alpha value is -1.91. The van der Waals surface area contributed by atoms with Gasteiger partial charge in [0, 0.05) is 18.9 Å². The summed E-state index contributed by atoms with van der Waals surface area (Å²) in [5.41, 5.74) is 0.644. The zero-order valence-corrected chi connectivity index (χ0v) is 15.5. The third-order valence-corrected chi connectivity index (χ3v) is 6.22. The van der Waals surface area contributed by atoms with Gasteiger partial charge in [0.15, 0.2) is 11.5 Å². The average Bonchev–Trinajstić information content (AvgIpc) is 2.50. The van der Waals surface area contributed by atoms with Crippen LogP contribution >= 0.6 is 0 Å². The predicted molar refractivity (Wildman–Crippen MR) is 91.5 cm³/mol. The quantitative estimate of drug-likeness (QED) is 0.568. The second kappa shape index (κ2) is 5.82. The van der Waals surface area contributed by atoms with Gasteiger partial charge in [0.1, 0.15) is 6.10 Å². The molecule has 0 aromatic carbocycles. The van der Waals surface area contributed by atoms with Crippen LogP contribution < -0.4 is 0 Å². The van der Waals surface area contributed by atoms with Gasteiger partial charge in [-0.25, -0.2) is 0 Å². The molecule has 0 radical (unpaired) electrons. The van der Waals surface area contributed by atoms with Gasteiger partial charge >= 0.3 is 5.97 Å². The highest BCUT2D eigenvalue weighted by Crippen LogP contribution is 2.60. The van der Waals surface area contributed by atoms with E-state index < -0.39 is 29.3 Å². The minimum atomic E-state index is -0.724. The van der Waals surface area contributed by atoms with Crippen LogP contribution in [0.3, 0.4) is 0 Å². The Morgan fingerprint density at radius 3 is 2.48 bits per heavy atom. The molecule has 5 heteroatoms. The van der Waals surface area contributed by atoms with Crippen LogP contribution in [-0.4, -0.2) is 30.7 Å². The molecule has 0 saturated heterocycles. The van der Waals surface area contributed by atoms with Crippen LogP contribution in [0.25, 0.3) is 0 Å². The summed E-state index contributed by atoms with van der Waals surface area (Å²) in [6.45, 7) is 7.73. The fourth-order valence-corrected chi connectivity index (χ4v) is 5.24. The maximum Gasteiger partial charge on any atom is 0.303 e. The number of ether oxygens (including phenoxy) is 2. The molecule has 25 heavy (non-hydrogen) atoms. The molecule has 0 aromatic rings. The van der Waals surface area contributed by atoms with E-state index in [2.05, 4.69) is 20.8 Å². The van der Waals surface area contributed by atoms with Crippen molar-refractivity contribution in [3.63, 3.8) is 0 Å². The highest BCUT2D eigenvalue weighted by Gasteiger charge is 2.59. The number of allylic oxidation sites excluding steroid dienone is 3. The summed E-state index contributed by atoms with van der Waals surface area (Å²) in [7, 11) is 1.38. The van der Waals surface area contributed by atoms with E-state index in [0.29, 0.717) is 0 Å². The number of carbonyl (C=O) groups is 3. The molecule has 136 valence electrons. The maximum absolute atomic E-state index is 13.0. The molecule has 3 aliphatic carbocycles. The first kappa shape index (κ1) is 17.9. The van der Waals surface area contributed by atoms with Crippen molar-refractivity contribution in [3.8, 4) is 0 Å². The van der Waals surface area contributed by atoms with Crippen LogP contribution in [0.15, 0.2) is 23.5 Å². The van der Waals surface area contributed by atoms with E-state index in [1.165, 1.54) is 20.1 Å². The second-order valence-corrected chi connectivity index (χ2v) is 8.29. The highest BCUT2D eigenvalue weighted by atomic mass is 16.5. The number of ketones is 2. The van der Waals surface area contributed by atoms with E-state index in [1.807, 2.05) is 6.08 Å². The Morgan fingerprint density at radius 1 is 1.20 bits per heavy atom. The van der Waals surface area contributed by atoms with Crippen LogP contribution in [0.1, 0.15) is 47.0 Å². The topological polar surface area (TPSA) is 69.7 Å². The van der Waals surface area contributed by atoms with Gasteiger partial charge in [-0.05, 0) is 29.7 Å². The van der Waals surface area contributed by atoms with E-state index in [-0.39, 0.29) is 22.7 Å². The summed E-state index contributed by atoms with van der Waals surface area (Å²) < 4.78 is 10.6. The first-order valence-corrected chi connectivity index (χ1v) is 8.85. The predicted octanol–water partition coefficient (Wildman–Crippen LogP) is 2.99. The fourth-order valence-electron chi connectivity index (χ4n) is 5.24. The summed E-state index contributed by atoms with van der Waals surface area (Å²) in [5, 5.41) is 0. The number of hydrogen-bond acceptors (Lipinski definition) is 5. The molecule has 0 amide bonds. The molecular weight excluding hydrogens is 320 g/mol. The fraction of sp³-hybridized carbons (Fsp3) is 0.650. The minimum absolute atomic E-state index is 0.0546. The molecule has 0 aliphatic heterocycles. The third kappa shape index (κ3) is 2.64. The highest BCUT2D eigenvalue weighted by molar-refractivity contribution is 6.10. The second-order valence-electron chi connectivity index (χ2n) is 8.29. The largest absolute Gasteiger partial charge is 0.493 e. The lowest BCUT2D eigenvalue weighted by Crippen LogP contribution is -2.56. The van der Waals surface area contributed by atoms with Crippen molar-refractivity contribution in [2.24, 2.45) is 22.7 Å². The van der Waals surface area contributed by atoms with Gasteiger partial charge in [-0.15, -0.1) is 0 Å². The smallest absolute Gasteiger partial charge is 0.303 e. The van der Waals surface area contributed by atoms with E-state index in [0.717, 1.165) is 24.8 Å². The number of methoxy groups -OCH3 is 1. The lowest BCUT2D eigenvalue weighted by Gasteiger charge is -2.55. The molecule has 0 bridgehead atoms. The minimum Gasteiger partial charge on any atom is -0.493 e. The van der Waals surface area contributed by atoms with Crippen molar-refractivity contribution in [2.75, 3.05) is 7.11 Å². The Kier molecular flexibility index (Phi) is 4.17. The molecule has 0 N–H and O–H groups in total. The number of esters is 1. The lowest BCUT2D eigenvalue weighted by atomic mass is 9.48. The number of fused-ring (bicyclic) bond motifs is 3. The zero-order chi connectivity index (χ0) is 18.6. The summed E-state index contributed by atoms with van der Waals surface area (Å²) >= 11 is 0. The van der Waals surface area contributed by atoms with Crippen LogP contribution in [0.2, 0.25) is 0 Å². The molecule has 3 rings (SSSR count). The van der Waals surface area contributed by atoms with E-state index >= 15 is 0 Å². The van der Waals surface area contributed by atoms with E-state index in [9.17, 15) is 14.4 Å². The third-order valence-electron chi connectivity index (χ3n) is 6.22. The Labute approximate surface area is 148 Å². The van der Waals surface area contributed by atoms with Crippen molar-refractivity contribution in [1.82, 2.24) is 0 Å². The molecule has 4 atom stereocenters. The summed E-state index contributed by atoms with van der Waals surface area (Å²) in [5.74, 6) is -1.98. The molecule has 3 aliphatic rings. The van der Waals surface area contributed by atoms with E-state index in [4.69, 9.17) is 9.47 Å². The van der Waals surface area contributed by atoms with Gasteiger partial charge in [0.05, 0.1) is 13.0 Å². The Balaban J connectivity index is 2.19. The van der Waals surface area contributed by atoms with Gasteiger partial charge < -0.3 is 9.47 Å². The van der Waals surface area contributed by atoms with Crippen molar-refractivity contribution in [1.29, 1.82) is 0 Å². The number of rotatable bonds is 2. The summed E-state index contributed by atoms with van der Waals surface area (Å²) in [6.07, 6.45) is 5.41. The Morgan fingerprint density at radius 2 is 1.88 bits per heavy atom. The van der Waals surface area contributed by atoms with Crippen LogP contribution in [0.5, 0.6) is 0 Å².